The van der Waals surface area contributed by atoms with Crippen LogP contribution in [-0.2, 0) is 4.74 Å². The van der Waals surface area contributed by atoms with Crippen LogP contribution in [-0.4, -0.2) is 23.9 Å². The second-order valence-corrected chi connectivity index (χ2v) is 3.13. The smallest absolute Gasteiger partial charge is 0.0745 e. The van der Waals surface area contributed by atoms with E-state index in [9.17, 15) is 0 Å². The van der Waals surface area contributed by atoms with E-state index in [-0.39, 0.29) is 12.2 Å². The topological polar surface area (TPSA) is 29.5 Å². The summed E-state index contributed by atoms with van der Waals surface area (Å²) >= 11 is 0. The van der Waals surface area contributed by atoms with E-state index in [0.29, 0.717) is 12.5 Å². The molecule has 62 valence electrons. The highest BCUT2D eigenvalue weighted by Gasteiger charge is 2.07. The van der Waals surface area contributed by atoms with Crippen molar-refractivity contribution < 1.29 is 9.84 Å². The molecule has 0 heterocycles. The minimum Gasteiger partial charge on any atom is -0.391 e. The zero-order valence-corrected chi connectivity index (χ0v) is 7.29. The summed E-state index contributed by atoms with van der Waals surface area (Å²) < 4.78 is 5.31. The zero-order chi connectivity index (χ0) is 8.15. The average Bonchev–Trinajstić information content (AvgIpc) is 1.82. The van der Waals surface area contributed by atoms with Crippen molar-refractivity contribution in [1.29, 1.82) is 0 Å². The third kappa shape index (κ3) is 4.77. The zero-order valence-electron chi connectivity index (χ0n) is 7.29. The first-order chi connectivity index (χ1) is 4.54. The quantitative estimate of drug-likeness (QED) is 0.650. The molecule has 0 spiro atoms. The molecule has 0 aromatic heterocycles. The molecule has 0 bridgehead atoms. The molecule has 0 radical (unpaired) electrons. The van der Waals surface area contributed by atoms with Crippen LogP contribution in [0.5, 0.6) is 0 Å². The molecule has 0 aliphatic carbocycles. The van der Waals surface area contributed by atoms with E-state index >= 15 is 0 Å². The van der Waals surface area contributed by atoms with Crippen molar-refractivity contribution in [3.8, 4) is 0 Å². The van der Waals surface area contributed by atoms with Gasteiger partial charge in [0.1, 0.15) is 0 Å². The van der Waals surface area contributed by atoms with Crippen LogP contribution in [0.3, 0.4) is 0 Å². The maximum Gasteiger partial charge on any atom is 0.0745 e. The third-order valence-electron chi connectivity index (χ3n) is 1.54. The monoisotopic (exact) mass is 146 g/mol. The number of aliphatic hydroxyl groups is 1. The second kappa shape index (κ2) is 4.69. The minimum absolute atomic E-state index is 0.245. The van der Waals surface area contributed by atoms with Crippen molar-refractivity contribution in [3.63, 3.8) is 0 Å². The number of hydrogen-bond acceptors (Lipinski definition) is 2. The van der Waals surface area contributed by atoms with Crippen LogP contribution < -0.4 is 0 Å². The molecule has 0 aromatic rings. The molecule has 10 heavy (non-hydrogen) atoms. The Hall–Kier alpha value is -0.0800. The van der Waals surface area contributed by atoms with E-state index in [2.05, 4.69) is 13.8 Å². The standard InChI is InChI=1S/C8H18O2/c1-6(2)8(4)10-5-7(3)9/h6-9H,5H2,1-4H3/t7-,8?/m0/s1. The molecule has 0 amide bonds. The normalized spacial score (nSPS) is 17.4. The molecule has 2 atom stereocenters. The van der Waals surface area contributed by atoms with Crippen LogP contribution in [0.4, 0.5) is 0 Å². The Kier molecular flexibility index (Phi) is 4.65. The Morgan fingerprint density at radius 2 is 1.70 bits per heavy atom. The average molecular weight is 146 g/mol. The van der Waals surface area contributed by atoms with Gasteiger partial charge in [-0.1, -0.05) is 13.8 Å². The lowest BCUT2D eigenvalue weighted by Gasteiger charge is -2.17. The molecule has 1 unspecified atom stereocenters. The van der Waals surface area contributed by atoms with Gasteiger partial charge in [-0.15, -0.1) is 0 Å². The predicted octanol–water partition coefficient (Wildman–Crippen LogP) is 1.43. The Morgan fingerprint density at radius 3 is 2.00 bits per heavy atom. The van der Waals surface area contributed by atoms with Crippen LogP contribution in [0.1, 0.15) is 27.7 Å². The molecule has 0 aromatic carbocycles. The number of aliphatic hydroxyl groups excluding tert-OH is 1. The fourth-order valence-electron chi connectivity index (χ4n) is 0.483. The molecule has 0 saturated heterocycles. The van der Waals surface area contributed by atoms with Crippen LogP contribution in [0.2, 0.25) is 0 Å². The predicted molar refractivity (Wildman–Crippen MR) is 41.9 cm³/mol. The van der Waals surface area contributed by atoms with Gasteiger partial charge in [0, 0.05) is 0 Å². The maximum atomic E-state index is 8.86. The molecule has 1 N–H and O–H groups in total. The van der Waals surface area contributed by atoms with Crippen molar-refractivity contribution in [2.45, 2.75) is 39.9 Å². The van der Waals surface area contributed by atoms with E-state index in [0.717, 1.165) is 0 Å². The number of rotatable bonds is 4. The first kappa shape index (κ1) is 9.92. The van der Waals surface area contributed by atoms with Crippen molar-refractivity contribution in [1.82, 2.24) is 0 Å². The van der Waals surface area contributed by atoms with Gasteiger partial charge in [-0.25, -0.2) is 0 Å². The highest BCUT2D eigenvalue weighted by Crippen LogP contribution is 2.04. The summed E-state index contributed by atoms with van der Waals surface area (Å²) in [6.07, 6.45) is -0.101. The Labute approximate surface area is 63.2 Å². The van der Waals surface area contributed by atoms with Crippen molar-refractivity contribution in [3.05, 3.63) is 0 Å². The molecule has 0 fully saturated rings. The van der Waals surface area contributed by atoms with Crippen LogP contribution >= 0.6 is 0 Å². The van der Waals surface area contributed by atoms with Crippen molar-refractivity contribution in [2.24, 2.45) is 5.92 Å². The van der Waals surface area contributed by atoms with Gasteiger partial charge in [0.15, 0.2) is 0 Å². The first-order valence-electron chi connectivity index (χ1n) is 3.83. The maximum absolute atomic E-state index is 8.86. The fourth-order valence-corrected chi connectivity index (χ4v) is 0.483. The molecule has 0 aliphatic heterocycles. The molecule has 2 nitrogen and oxygen atoms in total. The second-order valence-electron chi connectivity index (χ2n) is 3.13. The molecule has 0 rings (SSSR count). The Morgan fingerprint density at radius 1 is 1.20 bits per heavy atom. The fraction of sp³-hybridized carbons (Fsp3) is 1.00. The van der Waals surface area contributed by atoms with E-state index in [4.69, 9.17) is 9.84 Å². The summed E-state index contributed by atoms with van der Waals surface area (Å²) in [5.41, 5.74) is 0. The summed E-state index contributed by atoms with van der Waals surface area (Å²) in [6, 6.07) is 0. The molecule has 2 heteroatoms. The number of hydrogen-bond donors (Lipinski definition) is 1. The van der Waals surface area contributed by atoms with Gasteiger partial charge in [-0.2, -0.15) is 0 Å². The van der Waals surface area contributed by atoms with E-state index in [1.807, 2.05) is 6.92 Å². The summed E-state index contributed by atoms with van der Waals surface area (Å²) in [6.45, 7) is 8.40. The SMILES string of the molecule is CC(C)C(C)OC[C@H](C)O. The molecule has 0 saturated carbocycles. The Balaban J connectivity index is 3.30. The van der Waals surface area contributed by atoms with Gasteiger partial charge < -0.3 is 9.84 Å². The van der Waals surface area contributed by atoms with Gasteiger partial charge in [-0.3, -0.25) is 0 Å². The first-order valence-corrected chi connectivity index (χ1v) is 3.83. The highest BCUT2D eigenvalue weighted by molar-refractivity contribution is 4.55. The van der Waals surface area contributed by atoms with Gasteiger partial charge in [0.2, 0.25) is 0 Å². The van der Waals surface area contributed by atoms with E-state index < -0.39 is 0 Å². The summed E-state index contributed by atoms with van der Waals surface area (Å²) in [5, 5.41) is 8.86. The lowest BCUT2D eigenvalue weighted by molar-refractivity contribution is -0.0137. The molecular formula is C8H18O2. The summed E-state index contributed by atoms with van der Waals surface area (Å²) in [5.74, 6) is 0.527. The van der Waals surface area contributed by atoms with Crippen LogP contribution in [0.15, 0.2) is 0 Å². The summed E-state index contributed by atoms with van der Waals surface area (Å²) in [7, 11) is 0. The largest absolute Gasteiger partial charge is 0.391 e. The highest BCUT2D eigenvalue weighted by atomic mass is 16.5. The number of ether oxygens (including phenoxy) is 1. The van der Waals surface area contributed by atoms with Crippen LogP contribution in [0, 0.1) is 5.92 Å². The van der Waals surface area contributed by atoms with Crippen molar-refractivity contribution >= 4 is 0 Å². The van der Waals surface area contributed by atoms with E-state index in [1.54, 1.807) is 6.92 Å². The summed E-state index contributed by atoms with van der Waals surface area (Å²) in [4.78, 5) is 0. The van der Waals surface area contributed by atoms with E-state index in [1.165, 1.54) is 0 Å². The van der Waals surface area contributed by atoms with Gasteiger partial charge in [0.25, 0.3) is 0 Å². The van der Waals surface area contributed by atoms with Gasteiger partial charge >= 0.3 is 0 Å². The lowest BCUT2D eigenvalue weighted by Crippen LogP contribution is -2.21. The van der Waals surface area contributed by atoms with Gasteiger partial charge in [-0.05, 0) is 19.8 Å². The Bertz CT molecular complexity index is 79.3. The van der Waals surface area contributed by atoms with Crippen molar-refractivity contribution in [2.75, 3.05) is 6.61 Å². The molecule has 0 aliphatic rings. The van der Waals surface area contributed by atoms with Gasteiger partial charge in [0.05, 0.1) is 18.8 Å². The third-order valence-corrected chi connectivity index (χ3v) is 1.54. The molecular weight excluding hydrogens is 128 g/mol. The minimum atomic E-state index is -0.346. The lowest BCUT2D eigenvalue weighted by atomic mass is 10.1. The van der Waals surface area contributed by atoms with Crippen LogP contribution in [0.25, 0.3) is 0 Å².